The molecule has 18 heavy (non-hydrogen) atoms. The van der Waals surface area contributed by atoms with Crippen LogP contribution in [0.15, 0.2) is 35.1 Å². The Morgan fingerprint density at radius 3 is 3.17 bits per heavy atom. The Balaban J connectivity index is 1.68. The van der Waals surface area contributed by atoms with E-state index < -0.39 is 0 Å². The summed E-state index contributed by atoms with van der Waals surface area (Å²) in [5, 5.41) is 7.08. The largest absolute Gasteiger partial charge is 0.371 e. The van der Waals surface area contributed by atoms with Gasteiger partial charge in [-0.05, 0) is 19.1 Å². The highest BCUT2D eigenvalue weighted by atomic mass is 16.5. The smallest absolute Gasteiger partial charge is 0.228 e. The van der Waals surface area contributed by atoms with Crippen molar-refractivity contribution in [1.29, 1.82) is 0 Å². The summed E-state index contributed by atoms with van der Waals surface area (Å²) in [6.07, 6.45) is 4.41. The van der Waals surface area contributed by atoms with Gasteiger partial charge in [0, 0.05) is 25.4 Å². The SMILES string of the molecule is Cc1noc(CCNc2cccc3nccn23)n1. The fraction of sp³-hybridized carbons (Fsp3) is 0.250. The number of pyridine rings is 1. The summed E-state index contributed by atoms with van der Waals surface area (Å²) >= 11 is 0. The van der Waals surface area contributed by atoms with E-state index in [4.69, 9.17) is 4.52 Å². The first-order chi connectivity index (χ1) is 8.83. The maximum Gasteiger partial charge on any atom is 0.228 e. The van der Waals surface area contributed by atoms with Crippen molar-refractivity contribution in [3.8, 4) is 0 Å². The molecule has 0 aliphatic rings. The van der Waals surface area contributed by atoms with Gasteiger partial charge in [-0.15, -0.1) is 0 Å². The van der Waals surface area contributed by atoms with Crippen LogP contribution in [0.2, 0.25) is 0 Å². The molecule has 0 spiro atoms. The number of aromatic nitrogens is 4. The van der Waals surface area contributed by atoms with E-state index in [2.05, 4.69) is 20.4 Å². The zero-order valence-electron chi connectivity index (χ0n) is 10.00. The average Bonchev–Trinajstić information content (AvgIpc) is 2.98. The van der Waals surface area contributed by atoms with E-state index in [1.165, 1.54) is 0 Å². The molecule has 0 fully saturated rings. The number of nitrogens with one attached hydrogen (secondary N) is 1. The Labute approximate surface area is 104 Å². The first-order valence-electron chi connectivity index (χ1n) is 5.78. The average molecular weight is 243 g/mol. The van der Waals surface area contributed by atoms with Crippen LogP contribution in [-0.4, -0.2) is 26.1 Å². The molecule has 0 amide bonds. The van der Waals surface area contributed by atoms with Crippen LogP contribution < -0.4 is 5.32 Å². The minimum absolute atomic E-state index is 0.651. The quantitative estimate of drug-likeness (QED) is 0.755. The van der Waals surface area contributed by atoms with Crippen LogP contribution in [0.4, 0.5) is 5.82 Å². The molecule has 92 valence electrons. The van der Waals surface area contributed by atoms with E-state index in [1.54, 1.807) is 6.20 Å². The Kier molecular flexibility index (Phi) is 2.68. The van der Waals surface area contributed by atoms with Gasteiger partial charge in [-0.25, -0.2) is 4.98 Å². The second kappa shape index (κ2) is 4.48. The lowest BCUT2D eigenvalue weighted by atomic mass is 10.4. The number of rotatable bonds is 4. The number of hydrogen-bond donors (Lipinski definition) is 1. The molecule has 3 heterocycles. The van der Waals surface area contributed by atoms with E-state index in [0.29, 0.717) is 18.1 Å². The van der Waals surface area contributed by atoms with Crippen molar-refractivity contribution >= 4 is 11.5 Å². The summed E-state index contributed by atoms with van der Waals surface area (Å²) in [6, 6.07) is 5.95. The zero-order chi connectivity index (χ0) is 12.4. The van der Waals surface area contributed by atoms with E-state index in [9.17, 15) is 0 Å². The molecule has 0 aliphatic heterocycles. The highest BCUT2D eigenvalue weighted by molar-refractivity contribution is 5.49. The predicted octanol–water partition coefficient (Wildman–Crippen LogP) is 1.68. The third-order valence-electron chi connectivity index (χ3n) is 2.64. The number of anilines is 1. The highest BCUT2D eigenvalue weighted by Crippen LogP contribution is 2.10. The normalized spacial score (nSPS) is 10.9. The molecule has 3 rings (SSSR count). The van der Waals surface area contributed by atoms with Crippen LogP contribution in [0.5, 0.6) is 0 Å². The maximum atomic E-state index is 5.05. The molecule has 0 bridgehead atoms. The van der Waals surface area contributed by atoms with Crippen LogP contribution in [0.25, 0.3) is 5.65 Å². The van der Waals surface area contributed by atoms with Crippen molar-refractivity contribution in [2.24, 2.45) is 0 Å². The van der Waals surface area contributed by atoms with Crippen LogP contribution in [0.3, 0.4) is 0 Å². The molecular weight excluding hydrogens is 230 g/mol. The van der Waals surface area contributed by atoms with Gasteiger partial charge < -0.3 is 9.84 Å². The highest BCUT2D eigenvalue weighted by Gasteiger charge is 2.03. The van der Waals surface area contributed by atoms with Crippen molar-refractivity contribution < 1.29 is 4.52 Å². The first kappa shape index (κ1) is 10.8. The van der Waals surface area contributed by atoms with E-state index in [-0.39, 0.29) is 0 Å². The molecule has 0 unspecified atom stereocenters. The Bertz CT molecular complexity index is 657. The summed E-state index contributed by atoms with van der Waals surface area (Å²) in [5.41, 5.74) is 0.925. The third kappa shape index (κ3) is 2.04. The number of nitrogens with zero attached hydrogens (tertiary/aromatic N) is 4. The molecule has 3 aromatic rings. The van der Waals surface area contributed by atoms with Gasteiger partial charge in [-0.3, -0.25) is 4.40 Å². The van der Waals surface area contributed by atoms with Gasteiger partial charge in [0.15, 0.2) is 5.82 Å². The molecule has 0 saturated carbocycles. The molecule has 0 saturated heterocycles. The summed E-state index contributed by atoms with van der Waals surface area (Å²) in [6.45, 7) is 2.55. The second-order valence-electron chi connectivity index (χ2n) is 3.98. The van der Waals surface area contributed by atoms with Crippen molar-refractivity contribution in [3.63, 3.8) is 0 Å². The molecule has 1 N–H and O–H groups in total. The predicted molar refractivity (Wildman–Crippen MR) is 66.4 cm³/mol. The number of imidazole rings is 1. The molecule has 0 aliphatic carbocycles. The monoisotopic (exact) mass is 243 g/mol. The fourth-order valence-corrected chi connectivity index (χ4v) is 1.83. The van der Waals surface area contributed by atoms with Crippen molar-refractivity contribution in [3.05, 3.63) is 42.3 Å². The lowest BCUT2D eigenvalue weighted by Crippen LogP contribution is -2.08. The lowest BCUT2D eigenvalue weighted by molar-refractivity contribution is 0.377. The fourth-order valence-electron chi connectivity index (χ4n) is 1.83. The molecule has 3 aromatic heterocycles. The lowest BCUT2D eigenvalue weighted by Gasteiger charge is -2.07. The third-order valence-corrected chi connectivity index (χ3v) is 2.64. The summed E-state index contributed by atoms with van der Waals surface area (Å²) in [5.74, 6) is 2.32. The van der Waals surface area contributed by atoms with Crippen LogP contribution >= 0.6 is 0 Å². The minimum Gasteiger partial charge on any atom is -0.371 e. The van der Waals surface area contributed by atoms with Gasteiger partial charge in [0.05, 0.1) is 0 Å². The summed E-state index contributed by atoms with van der Waals surface area (Å²) < 4.78 is 7.05. The molecule has 0 aromatic carbocycles. The Hall–Kier alpha value is -2.37. The topological polar surface area (TPSA) is 68.2 Å². The Morgan fingerprint density at radius 1 is 1.39 bits per heavy atom. The maximum absolute atomic E-state index is 5.05. The number of fused-ring (bicyclic) bond motifs is 1. The standard InChI is InChI=1S/C12H13N5O/c1-9-15-12(18-16-9)5-6-13-10-3-2-4-11-14-7-8-17(10)11/h2-4,7-8,13H,5-6H2,1H3. The Morgan fingerprint density at radius 2 is 2.33 bits per heavy atom. The van der Waals surface area contributed by atoms with Crippen molar-refractivity contribution in [2.75, 3.05) is 11.9 Å². The molecule has 0 radical (unpaired) electrons. The first-order valence-corrected chi connectivity index (χ1v) is 5.78. The molecular formula is C12H13N5O. The van der Waals surface area contributed by atoms with E-state index >= 15 is 0 Å². The minimum atomic E-state index is 0.651. The van der Waals surface area contributed by atoms with E-state index in [0.717, 1.165) is 18.0 Å². The van der Waals surface area contributed by atoms with Gasteiger partial charge in [-0.1, -0.05) is 11.2 Å². The van der Waals surface area contributed by atoms with Gasteiger partial charge in [0.1, 0.15) is 11.5 Å². The molecule has 6 nitrogen and oxygen atoms in total. The summed E-state index contributed by atoms with van der Waals surface area (Å²) in [7, 11) is 0. The van der Waals surface area contributed by atoms with Gasteiger partial charge in [0.25, 0.3) is 0 Å². The second-order valence-corrected chi connectivity index (χ2v) is 3.98. The number of aryl methyl sites for hydroxylation is 1. The molecule has 0 atom stereocenters. The zero-order valence-corrected chi connectivity index (χ0v) is 10.00. The van der Waals surface area contributed by atoms with Crippen LogP contribution in [0, 0.1) is 6.92 Å². The van der Waals surface area contributed by atoms with Crippen molar-refractivity contribution in [2.45, 2.75) is 13.3 Å². The van der Waals surface area contributed by atoms with Gasteiger partial charge in [-0.2, -0.15) is 4.98 Å². The molecule has 6 heteroatoms. The van der Waals surface area contributed by atoms with Gasteiger partial charge in [0.2, 0.25) is 5.89 Å². The van der Waals surface area contributed by atoms with E-state index in [1.807, 2.05) is 35.7 Å². The van der Waals surface area contributed by atoms with Crippen molar-refractivity contribution in [1.82, 2.24) is 19.5 Å². The summed E-state index contributed by atoms with van der Waals surface area (Å²) in [4.78, 5) is 8.39. The number of hydrogen-bond acceptors (Lipinski definition) is 5. The van der Waals surface area contributed by atoms with Crippen LogP contribution in [-0.2, 0) is 6.42 Å². The van der Waals surface area contributed by atoms with Crippen LogP contribution in [0.1, 0.15) is 11.7 Å². The van der Waals surface area contributed by atoms with Gasteiger partial charge >= 0.3 is 0 Å².